The Labute approximate surface area is 148 Å². The highest BCUT2D eigenvalue weighted by atomic mass is 16.5. The summed E-state index contributed by atoms with van der Waals surface area (Å²) >= 11 is 0. The molecule has 5 N–H and O–H groups in total. The number of hydrogen-bond acceptors (Lipinski definition) is 4. The summed E-state index contributed by atoms with van der Waals surface area (Å²) in [5.41, 5.74) is 7.65. The second-order valence-electron chi connectivity index (χ2n) is 6.60. The number of amides is 2. The van der Waals surface area contributed by atoms with Crippen molar-refractivity contribution in [3.8, 4) is 11.8 Å². The number of carbonyl (C=O) groups is 2. The molecule has 1 rings (SSSR count). The van der Waals surface area contributed by atoms with Gasteiger partial charge in [0, 0.05) is 17.0 Å². The Hall–Kier alpha value is -2.62. The Morgan fingerprint density at radius 3 is 2.32 bits per heavy atom. The number of nitrogens with one attached hydrogen (secondary N) is 2. The minimum absolute atomic E-state index is 0.312. The summed E-state index contributed by atoms with van der Waals surface area (Å²) in [6.45, 7) is 7.20. The van der Waals surface area contributed by atoms with Gasteiger partial charge in [-0.2, -0.15) is 0 Å². The van der Waals surface area contributed by atoms with E-state index in [1.165, 1.54) is 5.48 Å². The molecule has 0 aliphatic rings. The van der Waals surface area contributed by atoms with Gasteiger partial charge in [0.2, 0.25) is 0 Å². The smallest absolute Gasteiger partial charge is 0.267 e. The van der Waals surface area contributed by atoms with E-state index in [1.807, 2.05) is 19.9 Å². The fourth-order valence-corrected chi connectivity index (χ4v) is 1.97. The molecule has 0 spiro atoms. The second-order valence-corrected chi connectivity index (χ2v) is 6.60. The van der Waals surface area contributed by atoms with Gasteiger partial charge in [0.15, 0.2) is 0 Å². The van der Waals surface area contributed by atoms with Crippen molar-refractivity contribution >= 4 is 17.9 Å². The van der Waals surface area contributed by atoms with Gasteiger partial charge in [-0.1, -0.05) is 37.8 Å². The zero-order chi connectivity index (χ0) is 19.0. The van der Waals surface area contributed by atoms with E-state index in [0.29, 0.717) is 11.5 Å². The maximum absolute atomic E-state index is 12.3. The summed E-state index contributed by atoms with van der Waals surface area (Å²) in [6, 6.07) is 5.76. The van der Waals surface area contributed by atoms with E-state index in [4.69, 9.17) is 10.9 Å². The largest absolute Gasteiger partial charge is 0.338 e. The number of hydroxylamine groups is 1. The highest BCUT2D eigenvalue weighted by Gasteiger charge is 2.33. The fraction of sp³-hybridized carbons (Fsp3) is 0.368. The van der Waals surface area contributed by atoms with E-state index in [1.54, 1.807) is 44.2 Å². The number of nitrogens with two attached hydrogens (primary N) is 1. The Kier molecular flexibility index (Phi) is 7.37. The third kappa shape index (κ3) is 6.79. The van der Waals surface area contributed by atoms with Crippen molar-refractivity contribution in [1.82, 2.24) is 10.8 Å². The Bertz CT molecular complexity index is 689. The highest BCUT2D eigenvalue weighted by molar-refractivity contribution is 5.98. The van der Waals surface area contributed by atoms with E-state index >= 15 is 0 Å². The molecule has 6 nitrogen and oxygen atoms in total. The molecule has 134 valence electrons. The molecule has 0 radical (unpaired) electrons. The van der Waals surface area contributed by atoms with Gasteiger partial charge in [0.05, 0.1) is 0 Å². The lowest BCUT2D eigenvalue weighted by molar-refractivity contribution is -0.132. The summed E-state index contributed by atoms with van der Waals surface area (Å²) in [5, 5.41) is 11.3. The van der Waals surface area contributed by atoms with Gasteiger partial charge in [-0.15, -0.1) is 0 Å². The van der Waals surface area contributed by atoms with Crippen LogP contribution in [0.2, 0.25) is 0 Å². The van der Waals surface area contributed by atoms with Crippen LogP contribution in [0.4, 0.5) is 0 Å². The predicted molar refractivity (Wildman–Crippen MR) is 97.5 cm³/mol. The Balaban J connectivity index is 2.83. The SMILES string of the molecule is CC(C)C#CC=Cc1ccc(C(=O)N[C@H](C(=O)NO)C(C)(C)N)cc1. The van der Waals surface area contributed by atoms with Crippen molar-refractivity contribution in [2.45, 2.75) is 39.3 Å². The quantitative estimate of drug-likeness (QED) is 0.371. The number of benzene rings is 1. The van der Waals surface area contributed by atoms with Crippen LogP contribution in [0.25, 0.3) is 6.08 Å². The van der Waals surface area contributed by atoms with Gasteiger partial charge in [-0.25, -0.2) is 5.48 Å². The minimum Gasteiger partial charge on any atom is -0.338 e. The molecular weight excluding hydrogens is 318 g/mol. The molecule has 0 unspecified atom stereocenters. The van der Waals surface area contributed by atoms with Crippen molar-refractivity contribution in [3.63, 3.8) is 0 Å². The normalized spacial score (nSPS) is 12.4. The van der Waals surface area contributed by atoms with Crippen LogP contribution in [0, 0.1) is 17.8 Å². The van der Waals surface area contributed by atoms with Crippen molar-refractivity contribution in [3.05, 3.63) is 41.5 Å². The molecule has 0 aliphatic heterocycles. The van der Waals surface area contributed by atoms with Crippen molar-refractivity contribution < 1.29 is 14.8 Å². The number of allylic oxidation sites excluding steroid dienone is 1. The zero-order valence-electron chi connectivity index (χ0n) is 15.0. The lowest BCUT2D eigenvalue weighted by Gasteiger charge is -2.29. The molecule has 25 heavy (non-hydrogen) atoms. The number of carbonyl (C=O) groups excluding carboxylic acids is 2. The van der Waals surface area contributed by atoms with E-state index in [2.05, 4.69) is 17.2 Å². The average molecular weight is 343 g/mol. The first-order valence-electron chi connectivity index (χ1n) is 7.96. The van der Waals surface area contributed by atoms with E-state index in [-0.39, 0.29) is 0 Å². The molecule has 1 aromatic carbocycles. The molecule has 1 aromatic rings. The van der Waals surface area contributed by atoms with Gasteiger partial charge in [0.25, 0.3) is 11.8 Å². The third-order valence-electron chi connectivity index (χ3n) is 3.30. The Morgan fingerprint density at radius 2 is 1.84 bits per heavy atom. The molecule has 0 bridgehead atoms. The van der Waals surface area contributed by atoms with Crippen LogP contribution in [0.15, 0.2) is 30.3 Å². The first-order valence-corrected chi connectivity index (χ1v) is 7.96. The average Bonchev–Trinajstić information content (AvgIpc) is 2.55. The van der Waals surface area contributed by atoms with E-state index < -0.39 is 23.4 Å². The molecule has 0 aromatic heterocycles. The molecule has 2 amide bonds. The van der Waals surface area contributed by atoms with Crippen molar-refractivity contribution in [2.75, 3.05) is 0 Å². The second kappa shape index (κ2) is 9.02. The van der Waals surface area contributed by atoms with E-state index in [9.17, 15) is 9.59 Å². The van der Waals surface area contributed by atoms with Gasteiger partial charge in [-0.05, 0) is 43.7 Å². The summed E-state index contributed by atoms with van der Waals surface area (Å²) < 4.78 is 0. The van der Waals surface area contributed by atoms with Gasteiger partial charge < -0.3 is 11.1 Å². The predicted octanol–water partition coefficient (Wildman–Crippen LogP) is 1.70. The molecule has 0 saturated heterocycles. The van der Waals surface area contributed by atoms with E-state index in [0.717, 1.165) is 5.56 Å². The lowest BCUT2D eigenvalue weighted by atomic mass is 9.95. The topological polar surface area (TPSA) is 104 Å². The monoisotopic (exact) mass is 343 g/mol. The van der Waals surface area contributed by atoms with Crippen LogP contribution in [0.3, 0.4) is 0 Å². The van der Waals surface area contributed by atoms with Crippen LogP contribution in [0.5, 0.6) is 0 Å². The van der Waals surface area contributed by atoms with Crippen LogP contribution in [-0.2, 0) is 4.79 Å². The zero-order valence-corrected chi connectivity index (χ0v) is 15.0. The molecule has 0 heterocycles. The maximum Gasteiger partial charge on any atom is 0.267 e. The summed E-state index contributed by atoms with van der Waals surface area (Å²) in [5.74, 6) is 5.05. The van der Waals surface area contributed by atoms with Gasteiger partial charge in [-0.3, -0.25) is 14.8 Å². The number of hydrogen-bond donors (Lipinski definition) is 4. The van der Waals surface area contributed by atoms with Crippen LogP contribution < -0.4 is 16.5 Å². The van der Waals surface area contributed by atoms with Gasteiger partial charge >= 0.3 is 0 Å². The molecule has 6 heteroatoms. The summed E-state index contributed by atoms with van der Waals surface area (Å²) in [7, 11) is 0. The first-order chi connectivity index (χ1) is 11.6. The van der Waals surface area contributed by atoms with Crippen LogP contribution in [-0.4, -0.2) is 28.6 Å². The molecule has 0 saturated carbocycles. The number of rotatable bonds is 5. The molecular formula is C19H25N3O3. The van der Waals surface area contributed by atoms with Crippen LogP contribution >= 0.6 is 0 Å². The molecule has 0 aliphatic carbocycles. The van der Waals surface area contributed by atoms with Gasteiger partial charge in [0.1, 0.15) is 6.04 Å². The van der Waals surface area contributed by atoms with Crippen LogP contribution in [0.1, 0.15) is 43.6 Å². The standard InChI is InChI=1S/C19H25N3O3/c1-13(2)7-5-6-8-14-9-11-15(12-10-14)17(23)21-16(18(24)22-25)19(3,4)20/h6,8-13,16,25H,20H2,1-4H3,(H,21,23)(H,22,24)/t16-/m1/s1. The molecule has 1 atom stereocenters. The highest BCUT2D eigenvalue weighted by Crippen LogP contribution is 2.10. The Morgan fingerprint density at radius 1 is 1.24 bits per heavy atom. The van der Waals surface area contributed by atoms with Crippen molar-refractivity contribution in [2.24, 2.45) is 11.7 Å². The first kappa shape index (κ1) is 20.4. The maximum atomic E-state index is 12.3. The third-order valence-corrected chi connectivity index (χ3v) is 3.30. The summed E-state index contributed by atoms with van der Waals surface area (Å²) in [6.07, 6.45) is 3.61. The lowest BCUT2D eigenvalue weighted by Crippen LogP contribution is -2.61. The van der Waals surface area contributed by atoms with Crippen molar-refractivity contribution in [1.29, 1.82) is 0 Å². The fourth-order valence-electron chi connectivity index (χ4n) is 1.97. The summed E-state index contributed by atoms with van der Waals surface area (Å²) in [4.78, 5) is 24.0. The molecule has 0 fully saturated rings. The minimum atomic E-state index is -1.07.